The van der Waals surface area contributed by atoms with E-state index in [2.05, 4.69) is 16.9 Å². The van der Waals surface area contributed by atoms with Gasteiger partial charge < -0.3 is 14.5 Å². The van der Waals surface area contributed by atoms with Gasteiger partial charge in [-0.15, -0.1) is 0 Å². The molecule has 4 nitrogen and oxygen atoms in total. The molecule has 1 aliphatic heterocycles. The van der Waals surface area contributed by atoms with E-state index in [4.69, 9.17) is 9.47 Å². The fourth-order valence-corrected chi connectivity index (χ4v) is 3.29. The standard InChI is InChI=1S/C20H21FN2O2/c1-13-20(2,25-13)19(18-17-15(7-10-22-17)8-11-23-18)24-12-9-14-3-5-16(21)6-4-14/h3-8,10-11,13,19,22H,9,12H2,1-2H3. The molecule has 1 N–H and O–H groups in total. The zero-order valence-corrected chi connectivity index (χ0v) is 14.3. The van der Waals surface area contributed by atoms with Crippen molar-refractivity contribution in [1.29, 1.82) is 0 Å². The van der Waals surface area contributed by atoms with Gasteiger partial charge in [0.1, 0.15) is 17.5 Å². The maximum atomic E-state index is 13.0. The van der Waals surface area contributed by atoms with E-state index in [1.807, 2.05) is 25.3 Å². The Balaban J connectivity index is 1.55. The first-order chi connectivity index (χ1) is 12.1. The van der Waals surface area contributed by atoms with Crippen LogP contribution >= 0.6 is 0 Å². The van der Waals surface area contributed by atoms with Crippen molar-refractivity contribution in [3.8, 4) is 0 Å². The van der Waals surface area contributed by atoms with Crippen LogP contribution in [0.2, 0.25) is 0 Å². The molecule has 0 aliphatic carbocycles. The minimum absolute atomic E-state index is 0.121. The van der Waals surface area contributed by atoms with Crippen LogP contribution in [0.1, 0.15) is 31.2 Å². The Labute approximate surface area is 146 Å². The summed E-state index contributed by atoms with van der Waals surface area (Å²) in [6.45, 7) is 4.62. The monoisotopic (exact) mass is 340 g/mol. The normalized spacial score (nSPS) is 23.7. The summed E-state index contributed by atoms with van der Waals surface area (Å²) >= 11 is 0. The van der Waals surface area contributed by atoms with E-state index >= 15 is 0 Å². The second-order valence-corrected chi connectivity index (χ2v) is 6.71. The van der Waals surface area contributed by atoms with Gasteiger partial charge in [0.25, 0.3) is 0 Å². The highest BCUT2D eigenvalue weighted by molar-refractivity contribution is 5.81. The van der Waals surface area contributed by atoms with Gasteiger partial charge in [-0.1, -0.05) is 12.1 Å². The van der Waals surface area contributed by atoms with Crippen LogP contribution < -0.4 is 0 Å². The highest BCUT2D eigenvalue weighted by Gasteiger charge is 2.57. The first-order valence-corrected chi connectivity index (χ1v) is 8.54. The highest BCUT2D eigenvalue weighted by atomic mass is 19.1. The number of nitrogens with zero attached hydrogens (tertiary/aromatic N) is 1. The van der Waals surface area contributed by atoms with Crippen LogP contribution in [0.15, 0.2) is 48.8 Å². The number of hydrogen-bond acceptors (Lipinski definition) is 3. The summed E-state index contributed by atoms with van der Waals surface area (Å²) < 4.78 is 25.1. The summed E-state index contributed by atoms with van der Waals surface area (Å²) in [4.78, 5) is 7.83. The molecule has 1 aromatic carbocycles. The summed E-state index contributed by atoms with van der Waals surface area (Å²) in [7, 11) is 0. The number of aromatic amines is 1. The summed E-state index contributed by atoms with van der Waals surface area (Å²) in [5.41, 5.74) is 2.52. The van der Waals surface area contributed by atoms with Crippen LogP contribution in [0.5, 0.6) is 0 Å². The zero-order chi connectivity index (χ0) is 17.4. The Bertz CT molecular complexity index is 877. The second-order valence-electron chi connectivity index (χ2n) is 6.71. The first kappa shape index (κ1) is 16.2. The van der Waals surface area contributed by atoms with Crippen molar-refractivity contribution in [2.24, 2.45) is 0 Å². The molecule has 1 fully saturated rings. The quantitative estimate of drug-likeness (QED) is 0.685. The van der Waals surface area contributed by atoms with E-state index in [1.165, 1.54) is 12.1 Å². The number of hydrogen-bond donors (Lipinski definition) is 1. The molecule has 3 atom stereocenters. The average molecular weight is 340 g/mol. The molecule has 0 spiro atoms. The van der Waals surface area contributed by atoms with E-state index in [9.17, 15) is 4.39 Å². The van der Waals surface area contributed by atoms with Gasteiger partial charge in [-0.05, 0) is 50.1 Å². The van der Waals surface area contributed by atoms with Crippen molar-refractivity contribution in [3.63, 3.8) is 0 Å². The van der Waals surface area contributed by atoms with E-state index in [0.29, 0.717) is 13.0 Å². The minimum Gasteiger partial charge on any atom is -0.368 e. The molecule has 0 radical (unpaired) electrons. The van der Waals surface area contributed by atoms with Crippen molar-refractivity contribution < 1.29 is 13.9 Å². The third-order valence-electron chi connectivity index (χ3n) is 5.04. The topological polar surface area (TPSA) is 50.4 Å². The number of nitrogens with one attached hydrogen (secondary N) is 1. The molecule has 25 heavy (non-hydrogen) atoms. The SMILES string of the molecule is CC1OC1(C)C(OCCc1ccc(F)cc1)c1nccc2cc[nH]c12. The number of ether oxygens (including phenoxy) is 2. The summed E-state index contributed by atoms with van der Waals surface area (Å²) in [5.74, 6) is -0.224. The van der Waals surface area contributed by atoms with Gasteiger partial charge >= 0.3 is 0 Å². The number of fused-ring (bicyclic) bond motifs is 1. The van der Waals surface area contributed by atoms with Crippen LogP contribution in [-0.4, -0.2) is 28.3 Å². The Kier molecular flexibility index (Phi) is 4.06. The molecular weight excluding hydrogens is 319 g/mol. The summed E-state index contributed by atoms with van der Waals surface area (Å²) in [6.07, 6.45) is 4.28. The Morgan fingerprint density at radius 3 is 2.76 bits per heavy atom. The van der Waals surface area contributed by atoms with Crippen LogP contribution in [-0.2, 0) is 15.9 Å². The average Bonchev–Trinajstić information content (AvgIpc) is 3.00. The van der Waals surface area contributed by atoms with Gasteiger partial charge in [0.15, 0.2) is 0 Å². The van der Waals surface area contributed by atoms with Gasteiger partial charge in [-0.25, -0.2) is 4.39 Å². The number of halogens is 1. The molecule has 1 aliphatic rings. The van der Waals surface area contributed by atoms with Crippen molar-refractivity contribution in [1.82, 2.24) is 9.97 Å². The zero-order valence-electron chi connectivity index (χ0n) is 14.3. The Hall–Kier alpha value is -2.24. The van der Waals surface area contributed by atoms with Crippen LogP contribution in [0, 0.1) is 5.82 Å². The number of rotatable bonds is 6. The summed E-state index contributed by atoms with van der Waals surface area (Å²) in [6, 6.07) is 10.5. The molecule has 0 saturated carbocycles. The Morgan fingerprint density at radius 2 is 2.04 bits per heavy atom. The lowest BCUT2D eigenvalue weighted by Crippen LogP contribution is -2.25. The lowest BCUT2D eigenvalue weighted by Gasteiger charge is -2.22. The number of epoxide rings is 1. The van der Waals surface area contributed by atoms with Crippen LogP contribution in [0.4, 0.5) is 4.39 Å². The van der Waals surface area contributed by atoms with E-state index < -0.39 is 0 Å². The fraction of sp³-hybridized carbons (Fsp3) is 0.350. The molecule has 3 unspecified atom stereocenters. The molecule has 2 aromatic heterocycles. The largest absolute Gasteiger partial charge is 0.368 e. The molecule has 0 amide bonds. The van der Waals surface area contributed by atoms with Crippen LogP contribution in [0.3, 0.4) is 0 Å². The maximum Gasteiger partial charge on any atom is 0.133 e. The molecule has 4 rings (SSSR count). The third kappa shape index (κ3) is 3.05. The van der Waals surface area contributed by atoms with E-state index in [1.54, 1.807) is 18.3 Å². The van der Waals surface area contributed by atoms with Gasteiger partial charge in [0.2, 0.25) is 0 Å². The number of H-pyrrole nitrogens is 1. The predicted molar refractivity (Wildman–Crippen MR) is 93.8 cm³/mol. The van der Waals surface area contributed by atoms with E-state index in [0.717, 1.165) is 22.2 Å². The molecule has 3 heterocycles. The number of benzene rings is 1. The molecule has 0 bridgehead atoms. The summed E-state index contributed by atoms with van der Waals surface area (Å²) in [5, 5.41) is 1.11. The minimum atomic E-state index is -0.380. The molecule has 5 heteroatoms. The molecule has 1 saturated heterocycles. The number of aromatic nitrogens is 2. The van der Waals surface area contributed by atoms with Crippen LogP contribution in [0.25, 0.3) is 10.9 Å². The van der Waals surface area contributed by atoms with Crippen molar-refractivity contribution in [3.05, 3.63) is 65.9 Å². The molecule has 130 valence electrons. The van der Waals surface area contributed by atoms with E-state index in [-0.39, 0.29) is 23.6 Å². The maximum absolute atomic E-state index is 13.0. The predicted octanol–water partition coefficient (Wildman–Crippen LogP) is 4.18. The smallest absolute Gasteiger partial charge is 0.133 e. The molecule has 3 aromatic rings. The highest BCUT2D eigenvalue weighted by Crippen LogP contribution is 2.48. The van der Waals surface area contributed by atoms with Crippen molar-refractivity contribution in [2.45, 2.75) is 38.1 Å². The van der Waals surface area contributed by atoms with Gasteiger partial charge in [-0.3, -0.25) is 4.98 Å². The first-order valence-electron chi connectivity index (χ1n) is 8.54. The van der Waals surface area contributed by atoms with Gasteiger partial charge in [0.05, 0.1) is 23.9 Å². The lowest BCUT2D eigenvalue weighted by molar-refractivity contribution is -0.000182. The number of pyridine rings is 1. The Morgan fingerprint density at radius 1 is 1.28 bits per heavy atom. The van der Waals surface area contributed by atoms with Crippen molar-refractivity contribution in [2.75, 3.05) is 6.61 Å². The lowest BCUT2D eigenvalue weighted by atomic mass is 9.96. The second kappa shape index (κ2) is 6.24. The van der Waals surface area contributed by atoms with Gasteiger partial charge in [-0.2, -0.15) is 0 Å². The third-order valence-corrected chi connectivity index (χ3v) is 5.04. The molecular formula is C20H21FN2O2. The fourth-order valence-electron chi connectivity index (χ4n) is 3.29. The van der Waals surface area contributed by atoms with Gasteiger partial charge in [0, 0.05) is 17.8 Å². The van der Waals surface area contributed by atoms with Crippen molar-refractivity contribution >= 4 is 10.9 Å².